The second kappa shape index (κ2) is 4.17. The van der Waals surface area contributed by atoms with Crippen molar-refractivity contribution < 1.29 is 14.6 Å². The summed E-state index contributed by atoms with van der Waals surface area (Å²) < 4.78 is 4.93. The highest BCUT2D eigenvalue weighted by molar-refractivity contribution is 5.65. The second-order valence-corrected chi connectivity index (χ2v) is 4.94. The predicted molar refractivity (Wildman–Crippen MR) is 54.8 cm³/mol. The van der Waals surface area contributed by atoms with Crippen LogP contribution in [0.4, 0.5) is 4.79 Å². The van der Waals surface area contributed by atoms with Gasteiger partial charge in [-0.15, -0.1) is 0 Å². The first-order valence-corrected chi connectivity index (χ1v) is 4.75. The lowest BCUT2D eigenvalue weighted by molar-refractivity contribution is -0.0300. The lowest BCUT2D eigenvalue weighted by Gasteiger charge is -2.33. The fourth-order valence-electron chi connectivity index (χ4n) is 1.30. The highest BCUT2D eigenvalue weighted by Gasteiger charge is 2.31. The van der Waals surface area contributed by atoms with Crippen molar-refractivity contribution in [2.24, 2.45) is 11.7 Å². The van der Waals surface area contributed by atoms with Crippen molar-refractivity contribution in [3.63, 3.8) is 0 Å². The first kappa shape index (κ1) is 13.2. The summed E-state index contributed by atoms with van der Waals surface area (Å²) in [5.41, 5.74) is 3.53. The minimum absolute atomic E-state index is 0.0249. The summed E-state index contributed by atoms with van der Waals surface area (Å²) >= 11 is 0. The quantitative estimate of drug-likeness (QED) is 0.729. The van der Waals surface area contributed by atoms with Gasteiger partial charge in [0.1, 0.15) is 5.60 Å². The Morgan fingerprint density at radius 1 is 1.43 bits per heavy atom. The van der Waals surface area contributed by atoms with Crippen LogP contribution in [0.1, 0.15) is 41.0 Å². The van der Waals surface area contributed by atoms with Gasteiger partial charge < -0.3 is 15.6 Å². The maximum Gasteiger partial charge on any atom is 0.405 e. The largest absolute Gasteiger partial charge is 0.444 e. The molecule has 3 N–H and O–H groups in total. The Balaban J connectivity index is 4.29. The molecule has 0 aromatic rings. The van der Waals surface area contributed by atoms with E-state index in [1.165, 1.54) is 0 Å². The Morgan fingerprint density at radius 3 is 2.14 bits per heavy atom. The van der Waals surface area contributed by atoms with Gasteiger partial charge in [-0.25, -0.2) is 4.79 Å². The zero-order valence-electron chi connectivity index (χ0n) is 9.63. The number of rotatable bonds is 4. The van der Waals surface area contributed by atoms with Crippen molar-refractivity contribution in [2.75, 3.05) is 0 Å². The molecule has 0 aliphatic carbocycles. The fourth-order valence-corrected chi connectivity index (χ4v) is 1.30. The van der Waals surface area contributed by atoms with Crippen LogP contribution in [0.25, 0.3) is 0 Å². The maximum atomic E-state index is 10.6. The summed E-state index contributed by atoms with van der Waals surface area (Å²) in [4.78, 5) is 10.6. The van der Waals surface area contributed by atoms with Gasteiger partial charge in [-0.1, -0.05) is 6.92 Å². The van der Waals surface area contributed by atoms with E-state index in [0.717, 1.165) is 0 Å². The van der Waals surface area contributed by atoms with E-state index in [2.05, 4.69) is 0 Å². The van der Waals surface area contributed by atoms with E-state index in [1.807, 2.05) is 6.92 Å². The molecule has 1 atom stereocenters. The number of hydrogen-bond acceptors (Lipinski definition) is 3. The van der Waals surface area contributed by atoms with Crippen molar-refractivity contribution in [3.8, 4) is 0 Å². The summed E-state index contributed by atoms with van der Waals surface area (Å²) in [6, 6.07) is 0. The normalized spacial score (nSPS) is 15.0. The van der Waals surface area contributed by atoms with Crippen LogP contribution >= 0.6 is 0 Å². The Kier molecular flexibility index (Phi) is 3.94. The topological polar surface area (TPSA) is 72.5 Å². The van der Waals surface area contributed by atoms with Gasteiger partial charge in [0.05, 0.1) is 5.60 Å². The number of ether oxygens (including phenoxy) is 1. The molecule has 1 amide bonds. The number of amides is 1. The SMILES string of the molecule is CC(CC(C)(C)OC(N)=O)C(C)(C)O. The van der Waals surface area contributed by atoms with Crippen LogP contribution in [0.3, 0.4) is 0 Å². The van der Waals surface area contributed by atoms with E-state index in [4.69, 9.17) is 10.5 Å². The average Bonchev–Trinajstić information content (AvgIpc) is 1.79. The van der Waals surface area contributed by atoms with Gasteiger partial charge >= 0.3 is 6.09 Å². The third kappa shape index (κ3) is 5.07. The first-order valence-electron chi connectivity index (χ1n) is 4.75. The van der Waals surface area contributed by atoms with Gasteiger partial charge in [0, 0.05) is 0 Å². The van der Waals surface area contributed by atoms with Crippen LogP contribution in [0.2, 0.25) is 0 Å². The molecular weight excluding hydrogens is 182 g/mol. The number of carbonyl (C=O) groups excluding carboxylic acids is 1. The van der Waals surface area contributed by atoms with E-state index in [-0.39, 0.29) is 5.92 Å². The molecule has 0 aliphatic rings. The monoisotopic (exact) mass is 203 g/mol. The number of nitrogens with two attached hydrogens (primary N) is 1. The van der Waals surface area contributed by atoms with Gasteiger partial charge in [-0.3, -0.25) is 0 Å². The summed E-state index contributed by atoms with van der Waals surface area (Å²) in [5, 5.41) is 9.71. The minimum atomic E-state index is -0.780. The van der Waals surface area contributed by atoms with Crippen LogP contribution in [-0.4, -0.2) is 22.4 Å². The molecule has 0 fully saturated rings. The van der Waals surface area contributed by atoms with Crippen molar-refractivity contribution in [1.82, 2.24) is 0 Å². The molecule has 0 radical (unpaired) electrons. The molecule has 14 heavy (non-hydrogen) atoms. The molecule has 0 rings (SSSR count). The third-order valence-corrected chi connectivity index (χ3v) is 2.38. The first-order chi connectivity index (χ1) is 6.04. The van der Waals surface area contributed by atoms with Crippen LogP contribution in [-0.2, 0) is 4.74 Å². The molecule has 0 aliphatic heterocycles. The number of aliphatic hydroxyl groups is 1. The Labute approximate surface area is 85.4 Å². The van der Waals surface area contributed by atoms with Crippen molar-refractivity contribution >= 4 is 6.09 Å². The van der Waals surface area contributed by atoms with E-state index in [9.17, 15) is 9.90 Å². The smallest absolute Gasteiger partial charge is 0.405 e. The van der Waals surface area contributed by atoms with Gasteiger partial charge in [0.2, 0.25) is 0 Å². The molecule has 84 valence electrons. The van der Waals surface area contributed by atoms with Gasteiger partial charge in [-0.05, 0) is 40.0 Å². The van der Waals surface area contributed by atoms with E-state index in [1.54, 1.807) is 27.7 Å². The number of primary amides is 1. The lowest BCUT2D eigenvalue weighted by Crippen LogP contribution is -2.38. The Bertz CT molecular complexity index is 206. The van der Waals surface area contributed by atoms with Crippen molar-refractivity contribution in [3.05, 3.63) is 0 Å². The third-order valence-electron chi connectivity index (χ3n) is 2.38. The molecule has 0 saturated heterocycles. The zero-order chi connectivity index (χ0) is 11.6. The molecule has 0 spiro atoms. The molecule has 0 saturated carbocycles. The molecule has 0 heterocycles. The van der Waals surface area contributed by atoms with Crippen molar-refractivity contribution in [1.29, 1.82) is 0 Å². The van der Waals surface area contributed by atoms with Crippen LogP contribution in [0, 0.1) is 5.92 Å². The van der Waals surface area contributed by atoms with Crippen LogP contribution < -0.4 is 5.73 Å². The highest BCUT2D eigenvalue weighted by atomic mass is 16.6. The van der Waals surface area contributed by atoms with Crippen LogP contribution in [0.15, 0.2) is 0 Å². The fraction of sp³-hybridized carbons (Fsp3) is 0.900. The summed E-state index contributed by atoms with van der Waals surface area (Å²) in [7, 11) is 0. The molecule has 0 aromatic heterocycles. The van der Waals surface area contributed by atoms with Crippen molar-refractivity contribution in [2.45, 2.75) is 52.2 Å². The molecule has 4 nitrogen and oxygen atoms in total. The van der Waals surface area contributed by atoms with E-state index < -0.39 is 17.3 Å². The standard InChI is InChI=1S/C10H21NO3/c1-7(10(4,5)13)6-9(2,3)14-8(11)12/h7,13H,6H2,1-5H3,(H2,11,12). The Hall–Kier alpha value is -0.770. The Morgan fingerprint density at radius 2 is 1.86 bits per heavy atom. The maximum absolute atomic E-state index is 10.6. The molecule has 0 bridgehead atoms. The van der Waals surface area contributed by atoms with E-state index >= 15 is 0 Å². The number of hydrogen-bond donors (Lipinski definition) is 2. The summed E-state index contributed by atoms with van der Waals surface area (Å²) in [5.74, 6) is 0.0249. The van der Waals surface area contributed by atoms with Gasteiger partial charge in [0.25, 0.3) is 0 Å². The molecule has 4 heteroatoms. The molecule has 1 unspecified atom stereocenters. The van der Waals surface area contributed by atoms with Gasteiger partial charge in [-0.2, -0.15) is 0 Å². The number of carbonyl (C=O) groups is 1. The average molecular weight is 203 g/mol. The molecular formula is C10H21NO3. The predicted octanol–water partition coefficient (Wildman–Crippen LogP) is 1.66. The second-order valence-electron chi connectivity index (χ2n) is 4.94. The highest BCUT2D eigenvalue weighted by Crippen LogP contribution is 2.27. The zero-order valence-corrected chi connectivity index (χ0v) is 9.63. The lowest BCUT2D eigenvalue weighted by atomic mass is 9.84. The minimum Gasteiger partial charge on any atom is -0.444 e. The summed E-state index contributed by atoms with van der Waals surface area (Å²) in [6.45, 7) is 8.93. The van der Waals surface area contributed by atoms with Crippen LogP contribution in [0.5, 0.6) is 0 Å². The van der Waals surface area contributed by atoms with Gasteiger partial charge in [0.15, 0.2) is 0 Å². The summed E-state index contributed by atoms with van der Waals surface area (Å²) in [6.07, 6.45) is -0.211. The van der Waals surface area contributed by atoms with E-state index in [0.29, 0.717) is 6.42 Å². The molecule has 0 aromatic carbocycles.